The fourth-order valence-corrected chi connectivity index (χ4v) is 2.55. The molecule has 2 nitrogen and oxygen atoms in total. The van der Waals surface area contributed by atoms with Crippen molar-refractivity contribution in [2.75, 3.05) is 0 Å². The SMILES string of the molecule is O=Cc1cc2cc3ccccc3c(Br)c2o1. The molecule has 1 heterocycles. The van der Waals surface area contributed by atoms with Gasteiger partial charge in [-0.15, -0.1) is 0 Å². The number of fused-ring (bicyclic) bond motifs is 2. The maximum Gasteiger partial charge on any atom is 0.185 e. The van der Waals surface area contributed by atoms with Gasteiger partial charge in [-0.3, -0.25) is 4.79 Å². The third kappa shape index (κ3) is 1.28. The largest absolute Gasteiger partial charge is 0.452 e. The standard InChI is InChI=1S/C13H7BrO2/c14-12-11-4-2-1-3-8(11)5-9-6-10(7-15)16-13(9)12/h1-7H. The van der Waals surface area contributed by atoms with Crippen LogP contribution in [0.5, 0.6) is 0 Å². The molecule has 0 bridgehead atoms. The van der Waals surface area contributed by atoms with Gasteiger partial charge in [0.2, 0.25) is 0 Å². The first-order valence-corrected chi connectivity index (χ1v) is 5.65. The molecule has 3 aromatic rings. The first-order chi connectivity index (χ1) is 7.79. The van der Waals surface area contributed by atoms with E-state index in [-0.39, 0.29) is 0 Å². The topological polar surface area (TPSA) is 30.2 Å². The second-order valence-electron chi connectivity index (χ2n) is 3.60. The van der Waals surface area contributed by atoms with Gasteiger partial charge in [0.25, 0.3) is 0 Å². The Hall–Kier alpha value is -1.61. The van der Waals surface area contributed by atoms with Crippen LogP contribution in [0.3, 0.4) is 0 Å². The highest BCUT2D eigenvalue weighted by molar-refractivity contribution is 9.10. The molecule has 2 aromatic carbocycles. The Bertz CT molecular complexity index is 698. The summed E-state index contributed by atoms with van der Waals surface area (Å²) >= 11 is 3.52. The summed E-state index contributed by atoms with van der Waals surface area (Å²) in [7, 11) is 0. The number of hydrogen-bond donors (Lipinski definition) is 0. The molecule has 3 rings (SSSR count). The van der Waals surface area contributed by atoms with E-state index in [1.54, 1.807) is 6.07 Å². The molecule has 0 unspecified atom stereocenters. The van der Waals surface area contributed by atoms with Crippen molar-refractivity contribution in [3.8, 4) is 0 Å². The average Bonchev–Trinajstić information content (AvgIpc) is 2.73. The van der Waals surface area contributed by atoms with Crippen molar-refractivity contribution in [3.05, 3.63) is 46.6 Å². The summed E-state index contributed by atoms with van der Waals surface area (Å²) in [4.78, 5) is 10.7. The van der Waals surface area contributed by atoms with Crippen LogP contribution < -0.4 is 0 Å². The Morgan fingerprint density at radius 1 is 1.12 bits per heavy atom. The Morgan fingerprint density at radius 3 is 2.75 bits per heavy atom. The lowest BCUT2D eigenvalue weighted by atomic mass is 10.1. The van der Waals surface area contributed by atoms with Gasteiger partial charge in [-0.2, -0.15) is 0 Å². The normalized spacial score (nSPS) is 11.1. The number of hydrogen-bond acceptors (Lipinski definition) is 2. The van der Waals surface area contributed by atoms with Crippen LogP contribution in [0.2, 0.25) is 0 Å². The highest BCUT2D eigenvalue weighted by Crippen LogP contribution is 2.34. The summed E-state index contributed by atoms with van der Waals surface area (Å²) in [5.41, 5.74) is 0.723. The zero-order valence-corrected chi connectivity index (χ0v) is 9.82. The molecule has 16 heavy (non-hydrogen) atoms. The van der Waals surface area contributed by atoms with Crippen LogP contribution in [0.4, 0.5) is 0 Å². The molecule has 0 saturated heterocycles. The number of carbonyl (C=O) groups excluding carboxylic acids is 1. The predicted molar refractivity (Wildman–Crippen MR) is 66.8 cm³/mol. The van der Waals surface area contributed by atoms with E-state index in [1.807, 2.05) is 30.3 Å². The molecule has 3 heteroatoms. The number of benzene rings is 2. The zero-order valence-electron chi connectivity index (χ0n) is 8.24. The van der Waals surface area contributed by atoms with Gasteiger partial charge in [0.15, 0.2) is 12.0 Å². The average molecular weight is 275 g/mol. The number of halogens is 1. The minimum atomic E-state index is 0.353. The lowest BCUT2D eigenvalue weighted by molar-refractivity contribution is 0.110. The van der Waals surface area contributed by atoms with Crippen LogP contribution in [0, 0.1) is 0 Å². The summed E-state index contributed by atoms with van der Waals surface area (Å²) < 4.78 is 6.34. The summed E-state index contributed by atoms with van der Waals surface area (Å²) in [6, 6.07) is 11.8. The van der Waals surface area contributed by atoms with Crippen molar-refractivity contribution in [1.29, 1.82) is 0 Å². The van der Waals surface area contributed by atoms with Gasteiger partial charge >= 0.3 is 0 Å². The molecular formula is C13H7BrO2. The highest BCUT2D eigenvalue weighted by atomic mass is 79.9. The Kier molecular flexibility index (Phi) is 2.07. The van der Waals surface area contributed by atoms with E-state index in [1.165, 1.54) is 0 Å². The first kappa shape index (κ1) is 9.60. The quantitative estimate of drug-likeness (QED) is 0.624. The predicted octanol–water partition coefficient (Wildman–Crippen LogP) is 4.16. The maximum absolute atomic E-state index is 10.7. The van der Waals surface area contributed by atoms with E-state index in [9.17, 15) is 4.79 Å². The van der Waals surface area contributed by atoms with Gasteiger partial charge in [0.05, 0.1) is 4.47 Å². The minimum Gasteiger partial charge on any atom is -0.452 e. The minimum absolute atomic E-state index is 0.353. The molecule has 78 valence electrons. The van der Waals surface area contributed by atoms with Crippen molar-refractivity contribution in [2.24, 2.45) is 0 Å². The number of rotatable bonds is 1. The van der Waals surface area contributed by atoms with Crippen molar-refractivity contribution in [2.45, 2.75) is 0 Å². The molecule has 1 aromatic heterocycles. The fourth-order valence-electron chi connectivity index (χ4n) is 1.87. The summed E-state index contributed by atoms with van der Waals surface area (Å²) in [5, 5.41) is 3.15. The molecule has 0 aliphatic rings. The van der Waals surface area contributed by atoms with Gasteiger partial charge in [-0.05, 0) is 38.8 Å². The molecule has 0 saturated carbocycles. The van der Waals surface area contributed by atoms with E-state index < -0.39 is 0 Å². The first-order valence-electron chi connectivity index (χ1n) is 4.85. The van der Waals surface area contributed by atoms with Crippen LogP contribution in [-0.2, 0) is 0 Å². The smallest absolute Gasteiger partial charge is 0.185 e. The van der Waals surface area contributed by atoms with E-state index >= 15 is 0 Å². The van der Waals surface area contributed by atoms with E-state index in [2.05, 4.69) is 15.9 Å². The summed E-state index contributed by atoms with van der Waals surface area (Å²) in [5.74, 6) is 0.353. The maximum atomic E-state index is 10.7. The van der Waals surface area contributed by atoms with Crippen molar-refractivity contribution in [1.82, 2.24) is 0 Å². The summed E-state index contributed by atoms with van der Waals surface area (Å²) in [6.45, 7) is 0. The van der Waals surface area contributed by atoms with Crippen LogP contribution in [0.15, 0.2) is 45.3 Å². The molecular weight excluding hydrogens is 268 g/mol. The monoisotopic (exact) mass is 274 g/mol. The van der Waals surface area contributed by atoms with Gasteiger partial charge in [-0.25, -0.2) is 0 Å². The second-order valence-corrected chi connectivity index (χ2v) is 4.39. The molecule has 0 aliphatic heterocycles. The molecule has 0 radical (unpaired) electrons. The van der Waals surface area contributed by atoms with Gasteiger partial charge in [-0.1, -0.05) is 24.3 Å². The lowest BCUT2D eigenvalue weighted by Gasteiger charge is -2.00. The van der Waals surface area contributed by atoms with Crippen LogP contribution >= 0.6 is 15.9 Å². The van der Waals surface area contributed by atoms with Crippen LogP contribution in [0.1, 0.15) is 10.6 Å². The van der Waals surface area contributed by atoms with E-state index in [4.69, 9.17) is 4.42 Å². The van der Waals surface area contributed by atoms with Crippen molar-refractivity contribution < 1.29 is 9.21 Å². The molecule has 0 spiro atoms. The van der Waals surface area contributed by atoms with Crippen LogP contribution in [-0.4, -0.2) is 6.29 Å². The Morgan fingerprint density at radius 2 is 1.94 bits per heavy atom. The zero-order chi connectivity index (χ0) is 11.1. The fraction of sp³-hybridized carbons (Fsp3) is 0. The van der Waals surface area contributed by atoms with Gasteiger partial charge in [0.1, 0.15) is 5.58 Å². The van der Waals surface area contributed by atoms with Crippen molar-refractivity contribution in [3.63, 3.8) is 0 Å². The molecule has 0 fully saturated rings. The number of aldehydes is 1. The number of carbonyl (C=O) groups is 1. The van der Waals surface area contributed by atoms with Crippen LogP contribution in [0.25, 0.3) is 21.7 Å². The molecule has 0 N–H and O–H groups in total. The van der Waals surface area contributed by atoms with Gasteiger partial charge in [0, 0.05) is 5.39 Å². The number of furan rings is 1. The Labute approximate surface area is 100.0 Å². The third-order valence-corrected chi connectivity index (χ3v) is 3.39. The highest BCUT2D eigenvalue weighted by Gasteiger charge is 2.09. The summed E-state index contributed by atoms with van der Waals surface area (Å²) in [6.07, 6.45) is 0.719. The molecule has 0 aliphatic carbocycles. The molecule has 0 amide bonds. The molecule has 0 atom stereocenters. The Balaban J connectivity index is 2.52. The van der Waals surface area contributed by atoms with Gasteiger partial charge < -0.3 is 4.42 Å². The second kappa shape index (κ2) is 3.46. The third-order valence-electron chi connectivity index (χ3n) is 2.60. The van der Waals surface area contributed by atoms with Crippen molar-refractivity contribution >= 4 is 44.0 Å². The van der Waals surface area contributed by atoms with E-state index in [0.29, 0.717) is 5.76 Å². The lowest BCUT2D eigenvalue weighted by Crippen LogP contribution is -1.74. The van der Waals surface area contributed by atoms with E-state index in [0.717, 1.165) is 32.5 Å².